The molecule has 2 rings (SSSR count). The van der Waals surface area contributed by atoms with Crippen molar-refractivity contribution in [1.29, 1.82) is 0 Å². The Morgan fingerprint density at radius 2 is 2.04 bits per heavy atom. The van der Waals surface area contributed by atoms with Gasteiger partial charge in [-0.05, 0) is 30.6 Å². The second-order valence-electron chi connectivity index (χ2n) is 8.60. The summed E-state index contributed by atoms with van der Waals surface area (Å²) in [5.74, 6) is 3.17. The maximum absolute atomic E-state index is 5.82. The number of hydrogen-bond acceptors (Lipinski definition) is 3. The van der Waals surface area contributed by atoms with Gasteiger partial charge in [0.05, 0.1) is 12.7 Å². The van der Waals surface area contributed by atoms with Crippen molar-refractivity contribution in [1.82, 2.24) is 15.6 Å². The minimum Gasteiger partial charge on any atom is -0.443 e. The Hall–Kier alpha value is -1.52. The molecule has 1 heterocycles. The smallest absolute Gasteiger partial charge is 0.213 e. The van der Waals surface area contributed by atoms with E-state index in [9.17, 15) is 0 Å². The van der Waals surface area contributed by atoms with E-state index in [1.54, 1.807) is 7.05 Å². The lowest BCUT2D eigenvalue weighted by molar-refractivity contribution is 0.104. The molecule has 0 radical (unpaired) electrons. The minimum atomic E-state index is -0.0153. The zero-order valence-electron chi connectivity index (χ0n) is 16.2. The number of guanidine groups is 1. The van der Waals surface area contributed by atoms with Crippen molar-refractivity contribution in [2.45, 2.75) is 72.3 Å². The van der Waals surface area contributed by atoms with Gasteiger partial charge >= 0.3 is 0 Å². The van der Waals surface area contributed by atoms with Crippen LogP contribution in [0.5, 0.6) is 0 Å². The molecule has 0 amide bonds. The predicted molar refractivity (Wildman–Crippen MR) is 99.1 cm³/mol. The summed E-state index contributed by atoms with van der Waals surface area (Å²) in [6, 6.07) is 0. The molecule has 24 heavy (non-hydrogen) atoms. The molecule has 1 fully saturated rings. The van der Waals surface area contributed by atoms with E-state index in [1.807, 2.05) is 6.20 Å². The highest BCUT2D eigenvalue weighted by Gasteiger charge is 2.37. The highest BCUT2D eigenvalue weighted by atomic mass is 16.4. The van der Waals surface area contributed by atoms with Crippen LogP contribution in [0.4, 0.5) is 0 Å². The fourth-order valence-electron chi connectivity index (χ4n) is 3.39. The summed E-state index contributed by atoms with van der Waals surface area (Å²) in [7, 11) is 1.81. The van der Waals surface area contributed by atoms with Gasteiger partial charge in [-0.2, -0.15) is 0 Å². The molecule has 1 saturated carbocycles. The standard InChI is InChI=1S/C19H34N4O/c1-14(2)10-19(8-7-9-19)13-23-17(20-6)22-12-16-21-11-15(24-16)18(3,4)5/h11,14H,7-10,12-13H2,1-6H3,(H2,20,22,23). The molecule has 0 saturated heterocycles. The van der Waals surface area contributed by atoms with Gasteiger partial charge in [-0.3, -0.25) is 4.99 Å². The Labute approximate surface area is 146 Å². The fraction of sp³-hybridized carbons (Fsp3) is 0.789. The number of nitrogens with one attached hydrogen (secondary N) is 2. The summed E-state index contributed by atoms with van der Waals surface area (Å²) in [6.07, 6.45) is 7.10. The van der Waals surface area contributed by atoms with Crippen molar-refractivity contribution in [3.05, 3.63) is 17.8 Å². The highest BCUT2D eigenvalue weighted by molar-refractivity contribution is 5.79. The van der Waals surface area contributed by atoms with Crippen LogP contribution in [0.15, 0.2) is 15.6 Å². The van der Waals surface area contributed by atoms with E-state index in [-0.39, 0.29) is 5.41 Å². The van der Waals surface area contributed by atoms with Gasteiger partial charge in [0.25, 0.3) is 0 Å². The molecule has 1 aromatic heterocycles. The average Bonchev–Trinajstić information content (AvgIpc) is 2.93. The van der Waals surface area contributed by atoms with Gasteiger partial charge in [0.1, 0.15) is 5.76 Å². The van der Waals surface area contributed by atoms with Crippen LogP contribution in [0.3, 0.4) is 0 Å². The summed E-state index contributed by atoms with van der Waals surface area (Å²) in [6.45, 7) is 12.5. The van der Waals surface area contributed by atoms with Gasteiger partial charge in [-0.25, -0.2) is 4.98 Å². The van der Waals surface area contributed by atoms with E-state index in [2.05, 4.69) is 55.2 Å². The average molecular weight is 335 g/mol. The molecule has 136 valence electrons. The molecular weight excluding hydrogens is 300 g/mol. The number of oxazole rings is 1. The molecule has 0 unspecified atom stereocenters. The second-order valence-corrected chi connectivity index (χ2v) is 8.60. The van der Waals surface area contributed by atoms with Crippen molar-refractivity contribution >= 4 is 5.96 Å². The molecule has 1 aliphatic rings. The van der Waals surface area contributed by atoms with Crippen LogP contribution in [0, 0.1) is 11.3 Å². The van der Waals surface area contributed by atoms with Crippen molar-refractivity contribution in [3.63, 3.8) is 0 Å². The third-order valence-electron chi connectivity index (χ3n) is 4.81. The second kappa shape index (κ2) is 7.58. The van der Waals surface area contributed by atoms with E-state index in [0.29, 0.717) is 17.9 Å². The first-order chi connectivity index (χ1) is 11.2. The van der Waals surface area contributed by atoms with E-state index in [0.717, 1.165) is 24.2 Å². The largest absolute Gasteiger partial charge is 0.443 e. The third-order valence-corrected chi connectivity index (χ3v) is 4.81. The Kier molecular flexibility index (Phi) is 5.94. The molecular formula is C19H34N4O. The van der Waals surface area contributed by atoms with Gasteiger partial charge in [-0.15, -0.1) is 0 Å². The van der Waals surface area contributed by atoms with Gasteiger partial charge in [0, 0.05) is 19.0 Å². The summed E-state index contributed by atoms with van der Waals surface area (Å²) < 4.78 is 5.82. The lowest BCUT2D eigenvalue weighted by Crippen LogP contribution is -2.46. The van der Waals surface area contributed by atoms with Crippen molar-refractivity contribution in [2.24, 2.45) is 16.3 Å². The molecule has 0 aliphatic heterocycles. The topological polar surface area (TPSA) is 62.5 Å². The van der Waals surface area contributed by atoms with Crippen LogP contribution in [-0.2, 0) is 12.0 Å². The van der Waals surface area contributed by atoms with Crippen LogP contribution in [0.2, 0.25) is 0 Å². The van der Waals surface area contributed by atoms with Crippen LogP contribution in [0.1, 0.15) is 72.0 Å². The highest BCUT2D eigenvalue weighted by Crippen LogP contribution is 2.45. The SMILES string of the molecule is CN=C(NCc1ncc(C(C)(C)C)o1)NCC1(CC(C)C)CCC1. The van der Waals surface area contributed by atoms with E-state index >= 15 is 0 Å². The molecule has 2 N–H and O–H groups in total. The van der Waals surface area contributed by atoms with E-state index in [1.165, 1.54) is 25.7 Å². The zero-order valence-corrected chi connectivity index (χ0v) is 16.2. The first kappa shape index (κ1) is 18.8. The van der Waals surface area contributed by atoms with E-state index in [4.69, 9.17) is 4.42 Å². The van der Waals surface area contributed by atoms with E-state index < -0.39 is 0 Å². The molecule has 0 bridgehead atoms. The Balaban J connectivity index is 1.83. The lowest BCUT2D eigenvalue weighted by atomic mass is 9.64. The zero-order chi connectivity index (χ0) is 17.8. The summed E-state index contributed by atoms with van der Waals surface area (Å²) in [5, 5.41) is 6.80. The molecule has 1 aliphatic carbocycles. The van der Waals surface area contributed by atoms with Gasteiger partial charge in [-0.1, -0.05) is 41.0 Å². The van der Waals surface area contributed by atoms with Crippen molar-refractivity contribution in [3.8, 4) is 0 Å². The minimum absolute atomic E-state index is 0.0153. The summed E-state index contributed by atoms with van der Waals surface area (Å²) in [4.78, 5) is 8.68. The van der Waals surface area contributed by atoms with Crippen LogP contribution in [0.25, 0.3) is 0 Å². The molecule has 5 heteroatoms. The monoisotopic (exact) mass is 334 g/mol. The summed E-state index contributed by atoms with van der Waals surface area (Å²) in [5.41, 5.74) is 0.437. The number of hydrogen-bond donors (Lipinski definition) is 2. The Morgan fingerprint density at radius 1 is 1.33 bits per heavy atom. The first-order valence-electron chi connectivity index (χ1n) is 9.14. The summed E-state index contributed by atoms with van der Waals surface area (Å²) >= 11 is 0. The van der Waals surface area contributed by atoms with Crippen molar-refractivity contribution in [2.75, 3.05) is 13.6 Å². The van der Waals surface area contributed by atoms with Crippen LogP contribution >= 0.6 is 0 Å². The maximum Gasteiger partial charge on any atom is 0.213 e. The van der Waals surface area contributed by atoms with Crippen LogP contribution in [-0.4, -0.2) is 24.5 Å². The Bertz CT molecular complexity index is 550. The first-order valence-corrected chi connectivity index (χ1v) is 9.14. The third kappa shape index (κ3) is 4.99. The lowest BCUT2D eigenvalue weighted by Gasteiger charge is -2.43. The number of nitrogens with zero attached hydrogens (tertiary/aromatic N) is 2. The van der Waals surface area contributed by atoms with Gasteiger partial charge in [0.15, 0.2) is 5.96 Å². The van der Waals surface area contributed by atoms with Gasteiger partial charge in [0.2, 0.25) is 5.89 Å². The molecule has 5 nitrogen and oxygen atoms in total. The Morgan fingerprint density at radius 3 is 2.50 bits per heavy atom. The van der Waals surface area contributed by atoms with Crippen molar-refractivity contribution < 1.29 is 4.42 Å². The predicted octanol–water partition coefficient (Wildman–Crippen LogP) is 3.85. The normalized spacial score (nSPS) is 17.7. The maximum atomic E-state index is 5.82. The quantitative estimate of drug-likeness (QED) is 0.612. The molecule has 1 aromatic rings. The molecule has 0 atom stereocenters. The molecule has 0 aromatic carbocycles. The number of rotatable bonds is 6. The van der Waals surface area contributed by atoms with Gasteiger partial charge < -0.3 is 15.1 Å². The fourth-order valence-corrected chi connectivity index (χ4v) is 3.39. The van der Waals surface area contributed by atoms with Crippen LogP contribution < -0.4 is 10.6 Å². The number of aromatic nitrogens is 1. The number of aliphatic imine (C=N–C) groups is 1. The molecule has 0 spiro atoms.